The van der Waals surface area contributed by atoms with Crippen molar-refractivity contribution in [3.8, 4) is 0 Å². The molecule has 18 heavy (non-hydrogen) atoms. The van der Waals surface area contributed by atoms with E-state index >= 15 is 0 Å². The van der Waals surface area contributed by atoms with Crippen LogP contribution in [0.2, 0.25) is 0 Å². The van der Waals surface area contributed by atoms with E-state index < -0.39 is 0 Å². The van der Waals surface area contributed by atoms with Crippen LogP contribution in [0, 0.1) is 19.8 Å². The fraction of sp³-hybridized carbons (Fsp3) is 0.625. The predicted octanol–water partition coefficient (Wildman–Crippen LogP) is 3.13. The average Bonchev–Trinajstić information content (AvgIpc) is 2.72. The Kier molecular flexibility index (Phi) is 3.40. The highest BCUT2D eigenvalue weighted by Gasteiger charge is 2.31. The number of rotatable bonds is 1. The van der Waals surface area contributed by atoms with Gasteiger partial charge < -0.3 is 10.1 Å². The summed E-state index contributed by atoms with van der Waals surface area (Å²) in [6, 6.07) is 7.36. The summed E-state index contributed by atoms with van der Waals surface area (Å²) in [5.41, 5.74) is 4.03. The monoisotopic (exact) mass is 245 g/mol. The van der Waals surface area contributed by atoms with Gasteiger partial charge in [-0.15, -0.1) is 0 Å². The number of hydrogen-bond acceptors (Lipinski definition) is 2. The third-order valence-corrected chi connectivity index (χ3v) is 4.52. The van der Waals surface area contributed by atoms with Crippen molar-refractivity contribution in [2.24, 2.45) is 5.92 Å². The van der Waals surface area contributed by atoms with Crippen LogP contribution in [0.25, 0.3) is 0 Å². The second-order valence-electron chi connectivity index (χ2n) is 5.89. The first kappa shape index (κ1) is 12.2. The van der Waals surface area contributed by atoms with Gasteiger partial charge in [0.1, 0.15) is 0 Å². The molecule has 0 spiro atoms. The molecule has 1 saturated carbocycles. The molecule has 1 saturated heterocycles. The molecule has 0 amide bonds. The average molecular weight is 245 g/mol. The highest BCUT2D eigenvalue weighted by Crippen LogP contribution is 2.32. The number of nitrogens with one attached hydrogen (secondary N) is 1. The molecular formula is C16H23NO. The zero-order valence-electron chi connectivity index (χ0n) is 11.4. The maximum atomic E-state index is 6.18. The second-order valence-corrected chi connectivity index (χ2v) is 5.89. The van der Waals surface area contributed by atoms with Crippen molar-refractivity contribution >= 4 is 0 Å². The summed E-state index contributed by atoms with van der Waals surface area (Å²) in [7, 11) is 0. The quantitative estimate of drug-likeness (QED) is 0.820. The summed E-state index contributed by atoms with van der Waals surface area (Å²) in [6.45, 7) is 6.23. The lowest BCUT2D eigenvalue weighted by atomic mass is 10.0. The molecule has 0 bridgehead atoms. The zero-order chi connectivity index (χ0) is 12.5. The Labute approximate surface area is 110 Å². The number of benzene rings is 1. The standard InChI is InChI=1S/C16H23NO/c1-11-6-7-12(2)14(8-11)16-9-17-15-5-3-4-13(15)10-18-16/h6-8,13,15-17H,3-5,9-10H2,1-2H3. The lowest BCUT2D eigenvalue weighted by molar-refractivity contribution is 0.0470. The van der Waals surface area contributed by atoms with E-state index in [-0.39, 0.29) is 6.10 Å². The molecule has 2 nitrogen and oxygen atoms in total. The first-order valence-corrected chi connectivity index (χ1v) is 7.16. The summed E-state index contributed by atoms with van der Waals surface area (Å²) in [6.07, 6.45) is 4.25. The molecule has 98 valence electrons. The van der Waals surface area contributed by atoms with Gasteiger partial charge in [-0.05, 0) is 43.7 Å². The van der Waals surface area contributed by atoms with Crippen LogP contribution >= 0.6 is 0 Å². The van der Waals surface area contributed by atoms with E-state index in [1.807, 2.05) is 0 Å². The van der Waals surface area contributed by atoms with Crippen LogP contribution in [0.4, 0.5) is 0 Å². The molecule has 3 rings (SSSR count). The molecular weight excluding hydrogens is 222 g/mol. The summed E-state index contributed by atoms with van der Waals surface area (Å²) in [4.78, 5) is 0. The maximum absolute atomic E-state index is 6.18. The van der Waals surface area contributed by atoms with Gasteiger partial charge in [0.25, 0.3) is 0 Å². The summed E-state index contributed by atoms with van der Waals surface area (Å²) >= 11 is 0. The molecule has 2 heteroatoms. The van der Waals surface area contributed by atoms with Crippen LogP contribution in [-0.4, -0.2) is 19.2 Å². The van der Waals surface area contributed by atoms with Crippen molar-refractivity contribution in [2.45, 2.75) is 45.3 Å². The van der Waals surface area contributed by atoms with Crippen molar-refractivity contribution in [2.75, 3.05) is 13.2 Å². The van der Waals surface area contributed by atoms with Crippen LogP contribution in [0.3, 0.4) is 0 Å². The van der Waals surface area contributed by atoms with Crippen LogP contribution < -0.4 is 5.32 Å². The van der Waals surface area contributed by atoms with Gasteiger partial charge in [-0.25, -0.2) is 0 Å². The number of ether oxygens (including phenoxy) is 1. The molecule has 1 N–H and O–H groups in total. The minimum atomic E-state index is 0.232. The van der Waals surface area contributed by atoms with Gasteiger partial charge >= 0.3 is 0 Å². The van der Waals surface area contributed by atoms with E-state index in [0.29, 0.717) is 6.04 Å². The number of fused-ring (bicyclic) bond motifs is 1. The van der Waals surface area contributed by atoms with Gasteiger partial charge in [-0.2, -0.15) is 0 Å². The molecule has 0 aromatic heterocycles. The highest BCUT2D eigenvalue weighted by atomic mass is 16.5. The molecule has 1 aromatic carbocycles. The predicted molar refractivity (Wildman–Crippen MR) is 73.7 cm³/mol. The van der Waals surface area contributed by atoms with E-state index in [9.17, 15) is 0 Å². The molecule has 2 fully saturated rings. The maximum Gasteiger partial charge on any atom is 0.0952 e. The molecule has 3 unspecified atom stereocenters. The Morgan fingerprint density at radius 3 is 3.00 bits per heavy atom. The fourth-order valence-electron chi connectivity index (χ4n) is 3.37. The molecule has 3 atom stereocenters. The first-order chi connectivity index (χ1) is 8.74. The largest absolute Gasteiger partial charge is 0.372 e. The minimum Gasteiger partial charge on any atom is -0.372 e. The Morgan fingerprint density at radius 2 is 2.11 bits per heavy atom. The minimum absolute atomic E-state index is 0.232. The molecule has 1 aliphatic carbocycles. The normalized spacial score (nSPS) is 32.0. The van der Waals surface area contributed by atoms with Crippen molar-refractivity contribution in [1.29, 1.82) is 0 Å². The van der Waals surface area contributed by atoms with E-state index in [0.717, 1.165) is 19.1 Å². The first-order valence-electron chi connectivity index (χ1n) is 7.16. The van der Waals surface area contributed by atoms with E-state index in [4.69, 9.17) is 4.74 Å². The number of hydrogen-bond donors (Lipinski definition) is 1. The highest BCUT2D eigenvalue weighted by molar-refractivity contribution is 5.32. The molecule has 1 aromatic rings. The van der Waals surface area contributed by atoms with Gasteiger partial charge in [0.05, 0.1) is 12.7 Å². The SMILES string of the molecule is Cc1ccc(C)c(C2CNC3CCCC3CO2)c1. The van der Waals surface area contributed by atoms with Crippen molar-refractivity contribution in [1.82, 2.24) is 5.32 Å². The zero-order valence-corrected chi connectivity index (χ0v) is 11.4. The van der Waals surface area contributed by atoms with Crippen LogP contribution in [0.15, 0.2) is 18.2 Å². The lowest BCUT2D eigenvalue weighted by Gasteiger charge is -2.19. The van der Waals surface area contributed by atoms with Gasteiger partial charge in [-0.3, -0.25) is 0 Å². The van der Waals surface area contributed by atoms with Crippen LogP contribution in [0.1, 0.15) is 42.1 Å². The number of aryl methyl sites for hydroxylation is 2. The topological polar surface area (TPSA) is 21.3 Å². The summed E-state index contributed by atoms with van der Waals surface area (Å²) in [5, 5.41) is 3.71. The Bertz CT molecular complexity index is 415. The van der Waals surface area contributed by atoms with Gasteiger partial charge in [0.15, 0.2) is 0 Å². The van der Waals surface area contributed by atoms with E-state index in [1.54, 1.807) is 0 Å². The van der Waals surface area contributed by atoms with Gasteiger partial charge in [0, 0.05) is 12.6 Å². The molecule has 2 aliphatic rings. The van der Waals surface area contributed by atoms with Crippen molar-refractivity contribution in [3.63, 3.8) is 0 Å². The Morgan fingerprint density at radius 1 is 1.22 bits per heavy atom. The lowest BCUT2D eigenvalue weighted by Crippen LogP contribution is -2.32. The Balaban J connectivity index is 1.78. The van der Waals surface area contributed by atoms with Crippen molar-refractivity contribution < 1.29 is 4.74 Å². The van der Waals surface area contributed by atoms with Crippen LogP contribution in [-0.2, 0) is 4.74 Å². The molecule has 0 radical (unpaired) electrons. The molecule has 1 heterocycles. The van der Waals surface area contributed by atoms with Gasteiger partial charge in [0.2, 0.25) is 0 Å². The van der Waals surface area contributed by atoms with Crippen LogP contribution in [0.5, 0.6) is 0 Å². The Hall–Kier alpha value is -0.860. The fourth-order valence-corrected chi connectivity index (χ4v) is 3.37. The second kappa shape index (κ2) is 5.02. The van der Waals surface area contributed by atoms with E-state index in [2.05, 4.69) is 37.4 Å². The third kappa shape index (κ3) is 2.32. The van der Waals surface area contributed by atoms with Gasteiger partial charge in [-0.1, -0.05) is 30.2 Å². The molecule has 1 aliphatic heterocycles. The summed E-state index contributed by atoms with van der Waals surface area (Å²) in [5.74, 6) is 0.736. The van der Waals surface area contributed by atoms with E-state index in [1.165, 1.54) is 36.0 Å². The third-order valence-electron chi connectivity index (χ3n) is 4.52. The van der Waals surface area contributed by atoms with Crippen molar-refractivity contribution in [3.05, 3.63) is 34.9 Å². The summed E-state index contributed by atoms with van der Waals surface area (Å²) < 4.78 is 6.18. The smallest absolute Gasteiger partial charge is 0.0952 e.